The molecule has 1 aromatic carbocycles. The van der Waals surface area contributed by atoms with Gasteiger partial charge >= 0.3 is 0 Å². The summed E-state index contributed by atoms with van der Waals surface area (Å²) in [5.41, 5.74) is -0.408. The average molecular weight is 296 g/mol. The first-order valence-corrected chi connectivity index (χ1v) is 8.02. The van der Waals surface area contributed by atoms with Crippen LogP contribution in [0.1, 0.15) is 32.3 Å². The highest BCUT2D eigenvalue weighted by Crippen LogP contribution is 2.33. The van der Waals surface area contributed by atoms with Crippen molar-refractivity contribution >= 4 is 10.0 Å². The van der Waals surface area contributed by atoms with Gasteiger partial charge in [-0.25, -0.2) is 12.8 Å². The molecule has 0 unspecified atom stereocenters. The van der Waals surface area contributed by atoms with Crippen molar-refractivity contribution in [2.45, 2.75) is 37.6 Å². The Hall–Kier alpha value is -1.45. The van der Waals surface area contributed by atoms with Crippen LogP contribution in [0.2, 0.25) is 0 Å². The largest absolute Gasteiger partial charge is 0.244 e. The SMILES string of the molecule is CC(C)N(CC1CC1)S(=O)(=O)c1cccc(F)c1C#N. The van der Waals surface area contributed by atoms with Gasteiger partial charge in [-0.3, -0.25) is 0 Å². The third kappa shape index (κ3) is 2.84. The van der Waals surface area contributed by atoms with Gasteiger partial charge in [0.05, 0.1) is 0 Å². The molecule has 4 nitrogen and oxygen atoms in total. The molecule has 0 aliphatic heterocycles. The Morgan fingerprint density at radius 1 is 1.45 bits per heavy atom. The molecule has 2 rings (SSSR count). The molecule has 20 heavy (non-hydrogen) atoms. The van der Waals surface area contributed by atoms with Crippen LogP contribution in [-0.2, 0) is 10.0 Å². The molecule has 1 aliphatic rings. The van der Waals surface area contributed by atoms with Crippen LogP contribution in [0.25, 0.3) is 0 Å². The molecule has 1 saturated carbocycles. The van der Waals surface area contributed by atoms with Gasteiger partial charge in [0.2, 0.25) is 10.0 Å². The average Bonchev–Trinajstić information content (AvgIpc) is 3.19. The zero-order valence-electron chi connectivity index (χ0n) is 11.5. The van der Waals surface area contributed by atoms with Crippen LogP contribution in [0, 0.1) is 23.1 Å². The fourth-order valence-corrected chi connectivity index (χ4v) is 3.96. The standard InChI is InChI=1S/C14H17FN2O2S/c1-10(2)17(9-11-6-7-11)20(18,19)14-5-3-4-13(15)12(14)8-16/h3-5,10-11H,6-7,9H2,1-2H3. The van der Waals surface area contributed by atoms with Crippen LogP contribution >= 0.6 is 0 Å². The van der Waals surface area contributed by atoms with Crippen LogP contribution in [-0.4, -0.2) is 25.3 Å². The Bertz CT molecular complexity index is 646. The second kappa shape index (κ2) is 5.51. The Labute approximate surface area is 118 Å². The van der Waals surface area contributed by atoms with E-state index in [4.69, 9.17) is 5.26 Å². The summed E-state index contributed by atoms with van der Waals surface area (Å²) in [6.45, 7) is 4.00. The minimum absolute atomic E-state index is 0.226. The van der Waals surface area contributed by atoms with Gasteiger partial charge in [0, 0.05) is 12.6 Å². The molecule has 0 spiro atoms. The molecule has 0 atom stereocenters. The minimum Gasteiger partial charge on any atom is -0.207 e. The molecule has 0 radical (unpaired) electrons. The fourth-order valence-electron chi connectivity index (χ4n) is 2.10. The number of rotatable bonds is 5. The quantitative estimate of drug-likeness (QED) is 0.838. The number of nitrogens with zero attached hydrogens (tertiary/aromatic N) is 2. The Kier molecular flexibility index (Phi) is 4.11. The maximum atomic E-state index is 13.6. The van der Waals surface area contributed by atoms with Crippen molar-refractivity contribution in [2.24, 2.45) is 5.92 Å². The van der Waals surface area contributed by atoms with Crippen molar-refractivity contribution in [3.63, 3.8) is 0 Å². The molecule has 0 aromatic heterocycles. The van der Waals surface area contributed by atoms with Crippen LogP contribution in [0.5, 0.6) is 0 Å². The zero-order valence-corrected chi connectivity index (χ0v) is 12.3. The summed E-state index contributed by atoms with van der Waals surface area (Å²) in [5, 5.41) is 9.00. The van der Waals surface area contributed by atoms with Crippen molar-refractivity contribution in [3.05, 3.63) is 29.6 Å². The summed E-state index contributed by atoms with van der Waals surface area (Å²) < 4.78 is 40.3. The van der Waals surface area contributed by atoms with Crippen molar-refractivity contribution in [2.75, 3.05) is 6.54 Å². The van der Waals surface area contributed by atoms with Gasteiger partial charge in [0.25, 0.3) is 0 Å². The predicted molar refractivity (Wildman–Crippen MR) is 72.9 cm³/mol. The number of hydrogen-bond donors (Lipinski definition) is 0. The molecular formula is C14H17FN2O2S. The summed E-state index contributed by atoms with van der Waals surface area (Å²) >= 11 is 0. The van der Waals surface area contributed by atoms with Gasteiger partial charge < -0.3 is 0 Å². The molecule has 0 heterocycles. The highest BCUT2D eigenvalue weighted by atomic mass is 32.2. The van der Waals surface area contributed by atoms with Crippen LogP contribution in [0.15, 0.2) is 23.1 Å². The highest BCUT2D eigenvalue weighted by Gasteiger charge is 2.35. The van der Waals surface area contributed by atoms with E-state index in [2.05, 4.69) is 0 Å². The first-order valence-electron chi connectivity index (χ1n) is 6.58. The normalized spacial score (nSPS) is 15.6. The monoisotopic (exact) mass is 296 g/mol. The summed E-state index contributed by atoms with van der Waals surface area (Å²) in [5.74, 6) is -0.421. The number of halogens is 1. The van der Waals surface area contributed by atoms with Gasteiger partial charge in [-0.15, -0.1) is 0 Å². The molecule has 1 aliphatic carbocycles. The first kappa shape index (κ1) is 14.9. The lowest BCUT2D eigenvalue weighted by Crippen LogP contribution is -2.38. The summed E-state index contributed by atoms with van der Waals surface area (Å²) in [4.78, 5) is -0.241. The van der Waals surface area contributed by atoms with E-state index in [9.17, 15) is 12.8 Å². The lowest BCUT2D eigenvalue weighted by Gasteiger charge is -2.26. The van der Waals surface area contributed by atoms with Gasteiger partial charge in [-0.1, -0.05) is 6.07 Å². The van der Waals surface area contributed by atoms with Crippen molar-refractivity contribution < 1.29 is 12.8 Å². The van der Waals surface area contributed by atoms with E-state index in [1.807, 2.05) is 0 Å². The molecule has 0 amide bonds. The van der Waals surface area contributed by atoms with Gasteiger partial charge in [0.15, 0.2) is 0 Å². The van der Waals surface area contributed by atoms with E-state index in [-0.39, 0.29) is 10.9 Å². The van der Waals surface area contributed by atoms with Crippen LogP contribution < -0.4 is 0 Å². The van der Waals surface area contributed by atoms with E-state index >= 15 is 0 Å². The zero-order chi connectivity index (χ0) is 14.9. The fraction of sp³-hybridized carbons (Fsp3) is 0.500. The molecule has 6 heteroatoms. The van der Waals surface area contributed by atoms with Gasteiger partial charge in [-0.2, -0.15) is 9.57 Å². The van der Waals surface area contributed by atoms with Gasteiger partial charge in [-0.05, 0) is 44.7 Å². The Morgan fingerprint density at radius 2 is 2.10 bits per heavy atom. The minimum atomic E-state index is -3.85. The molecule has 1 aromatic rings. The second-order valence-electron chi connectivity index (χ2n) is 5.34. The Balaban J connectivity index is 2.47. The summed E-state index contributed by atoms with van der Waals surface area (Å²) in [6, 6.07) is 5.13. The third-order valence-corrected chi connectivity index (χ3v) is 5.47. The van der Waals surface area contributed by atoms with E-state index in [1.165, 1.54) is 16.4 Å². The topological polar surface area (TPSA) is 61.2 Å². The van der Waals surface area contributed by atoms with Gasteiger partial charge in [0.1, 0.15) is 22.3 Å². The summed E-state index contributed by atoms with van der Waals surface area (Å²) in [7, 11) is -3.85. The smallest absolute Gasteiger partial charge is 0.207 e. The Morgan fingerprint density at radius 3 is 2.60 bits per heavy atom. The molecular weight excluding hydrogens is 279 g/mol. The van der Waals surface area contributed by atoms with Crippen LogP contribution in [0.4, 0.5) is 4.39 Å². The van der Waals surface area contributed by atoms with E-state index in [1.54, 1.807) is 19.9 Å². The number of nitriles is 1. The van der Waals surface area contributed by atoms with E-state index in [0.29, 0.717) is 12.5 Å². The number of benzene rings is 1. The van der Waals surface area contributed by atoms with Crippen molar-refractivity contribution in [1.29, 1.82) is 5.26 Å². The maximum absolute atomic E-state index is 13.6. The highest BCUT2D eigenvalue weighted by molar-refractivity contribution is 7.89. The van der Waals surface area contributed by atoms with E-state index in [0.717, 1.165) is 18.9 Å². The predicted octanol–water partition coefficient (Wildman–Crippen LogP) is 2.51. The van der Waals surface area contributed by atoms with E-state index < -0.39 is 21.4 Å². The number of hydrogen-bond acceptors (Lipinski definition) is 3. The van der Waals surface area contributed by atoms with Crippen molar-refractivity contribution in [1.82, 2.24) is 4.31 Å². The number of sulfonamides is 1. The molecule has 0 saturated heterocycles. The lowest BCUT2D eigenvalue weighted by molar-refractivity contribution is 0.341. The second-order valence-corrected chi connectivity index (χ2v) is 7.20. The molecule has 1 fully saturated rings. The lowest BCUT2D eigenvalue weighted by atomic mass is 10.2. The molecule has 108 valence electrons. The third-order valence-electron chi connectivity index (χ3n) is 3.38. The molecule has 0 bridgehead atoms. The first-order chi connectivity index (χ1) is 9.37. The molecule has 0 N–H and O–H groups in total. The summed E-state index contributed by atoms with van der Waals surface area (Å²) in [6.07, 6.45) is 2.04. The maximum Gasteiger partial charge on any atom is 0.244 e. The van der Waals surface area contributed by atoms with Crippen LogP contribution in [0.3, 0.4) is 0 Å². The van der Waals surface area contributed by atoms with Crippen molar-refractivity contribution in [3.8, 4) is 6.07 Å².